The molecule has 0 aliphatic carbocycles. The molecule has 0 radical (unpaired) electrons. The molecule has 2 aromatic carbocycles. The third kappa shape index (κ3) is 4.18. The Morgan fingerprint density at radius 2 is 1.87 bits per heavy atom. The van der Waals surface area contributed by atoms with E-state index in [-0.39, 0.29) is 15.7 Å². The highest BCUT2D eigenvalue weighted by Crippen LogP contribution is 2.20. The summed E-state index contributed by atoms with van der Waals surface area (Å²) in [6.07, 6.45) is 1.49. The summed E-state index contributed by atoms with van der Waals surface area (Å²) in [6.45, 7) is 2.35. The fourth-order valence-electron chi connectivity index (χ4n) is 2.98. The molecule has 9 nitrogen and oxygen atoms in total. The Labute approximate surface area is 181 Å². The molecule has 158 valence electrons. The lowest BCUT2D eigenvalue weighted by molar-refractivity contribution is 0.101. The maximum absolute atomic E-state index is 12.7. The predicted octanol–water partition coefficient (Wildman–Crippen LogP) is 2.93. The number of aromatic nitrogens is 3. The van der Waals surface area contributed by atoms with Crippen molar-refractivity contribution < 1.29 is 13.2 Å². The highest BCUT2D eigenvalue weighted by atomic mass is 32.2. The molecule has 0 atom stereocenters. The van der Waals surface area contributed by atoms with E-state index in [4.69, 9.17) is 0 Å². The van der Waals surface area contributed by atoms with Crippen LogP contribution < -0.4 is 15.5 Å². The van der Waals surface area contributed by atoms with Crippen LogP contribution in [0.1, 0.15) is 17.4 Å². The maximum atomic E-state index is 12.7. The second-order valence-electron chi connectivity index (χ2n) is 6.43. The number of benzene rings is 2. The van der Waals surface area contributed by atoms with Gasteiger partial charge in [-0.2, -0.15) is 5.10 Å². The minimum Gasteiger partial charge on any atom is -0.320 e. The largest absolute Gasteiger partial charge is 0.320 e. The van der Waals surface area contributed by atoms with Crippen LogP contribution in [-0.2, 0) is 16.6 Å². The first kappa shape index (κ1) is 20.7. The molecule has 4 aromatic rings. The fraction of sp³-hybridized carbons (Fsp3) is 0.100. The van der Waals surface area contributed by atoms with E-state index in [9.17, 15) is 18.0 Å². The second kappa shape index (κ2) is 8.28. The number of nitrogens with zero attached hydrogens (tertiary/aromatic N) is 3. The van der Waals surface area contributed by atoms with Crippen LogP contribution in [0.25, 0.3) is 10.9 Å². The molecule has 11 heteroatoms. The Hall–Kier alpha value is -3.57. The normalized spacial score (nSPS) is 11.4. The first-order chi connectivity index (χ1) is 14.9. The lowest BCUT2D eigenvalue weighted by atomic mass is 10.2. The number of amides is 1. The van der Waals surface area contributed by atoms with E-state index in [1.807, 2.05) is 6.92 Å². The number of rotatable bonds is 6. The minimum atomic E-state index is -3.80. The summed E-state index contributed by atoms with van der Waals surface area (Å²) in [5.41, 5.74) is 0.275. The molecule has 0 saturated carbocycles. The SMILES string of the molecule is CCn1nc(C(=O)Nc2ccc(S(=O)(=O)Nc3nccs3)cc2)c(=O)c2ccccc21. The molecular weight excluding hydrogens is 438 g/mol. The van der Waals surface area contributed by atoms with Gasteiger partial charge in [0.15, 0.2) is 10.8 Å². The minimum absolute atomic E-state index is 0.0119. The summed E-state index contributed by atoms with van der Waals surface area (Å²) in [5, 5.41) is 9.11. The van der Waals surface area contributed by atoms with Gasteiger partial charge in [-0.1, -0.05) is 12.1 Å². The van der Waals surface area contributed by atoms with Crippen molar-refractivity contribution in [2.75, 3.05) is 10.0 Å². The van der Waals surface area contributed by atoms with E-state index in [1.54, 1.807) is 34.3 Å². The Bertz CT molecular complexity index is 1410. The van der Waals surface area contributed by atoms with E-state index >= 15 is 0 Å². The fourth-order valence-corrected chi connectivity index (χ4v) is 4.77. The smallest absolute Gasteiger partial charge is 0.280 e. The zero-order valence-corrected chi connectivity index (χ0v) is 17.9. The van der Waals surface area contributed by atoms with Crippen LogP contribution in [0.5, 0.6) is 0 Å². The average molecular weight is 456 g/mol. The molecule has 2 N–H and O–H groups in total. The first-order valence-electron chi connectivity index (χ1n) is 9.22. The third-order valence-corrected chi connectivity index (χ3v) is 6.63. The van der Waals surface area contributed by atoms with E-state index in [2.05, 4.69) is 20.1 Å². The number of hydrogen-bond acceptors (Lipinski definition) is 7. The maximum Gasteiger partial charge on any atom is 0.280 e. The van der Waals surface area contributed by atoms with Gasteiger partial charge in [0.2, 0.25) is 5.43 Å². The topological polar surface area (TPSA) is 123 Å². The molecule has 0 aliphatic rings. The Kier molecular flexibility index (Phi) is 5.53. The number of nitrogens with one attached hydrogen (secondary N) is 2. The monoisotopic (exact) mass is 455 g/mol. The molecule has 2 heterocycles. The average Bonchev–Trinajstić information content (AvgIpc) is 3.27. The molecule has 31 heavy (non-hydrogen) atoms. The van der Waals surface area contributed by atoms with E-state index < -0.39 is 21.4 Å². The van der Waals surface area contributed by atoms with E-state index in [1.165, 1.54) is 30.5 Å². The van der Waals surface area contributed by atoms with Crippen molar-refractivity contribution in [3.8, 4) is 0 Å². The van der Waals surface area contributed by atoms with Crippen LogP contribution in [0, 0.1) is 0 Å². The molecular formula is C20H17N5O4S2. The lowest BCUT2D eigenvalue weighted by Gasteiger charge is -2.11. The van der Waals surface area contributed by atoms with Crippen LogP contribution >= 0.6 is 11.3 Å². The molecule has 4 rings (SSSR count). The van der Waals surface area contributed by atoms with Crippen LogP contribution in [-0.4, -0.2) is 29.1 Å². The molecule has 2 aromatic heterocycles. The van der Waals surface area contributed by atoms with Crippen molar-refractivity contribution in [3.63, 3.8) is 0 Å². The van der Waals surface area contributed by atoms with Crippen molar-refractivity contribution in [1.29, 1.82) is 0 Å². The van der Waals surface area contributed by atoms with Gasteiger partial charge in [-0.05, 0) is 43.3 Å². The molecule has 0 fully saturated rings. The first-order valence-corrected chi connectivity index (χ1v) is 11.6. The molecule has 0 spiro atoms. The highest BCUT2D eigenvalue weighted by Gasteiger charge is 2.19. The Morgan fingerprint density at radius 1 is 1.13 bits per heavy atom. The summed E-state index contributed by atoms with van der Waals surface area (Å²) >= 11 is 1.16. The van der Waals surface area contributed by atoms with E-state index in [0.717, 1.165) is 11.3 Å². The van der Waals surface area contributed by atoms with Gasteiger partial charge in [0.25, 0.3) is 15.9 Å². The number of para-hydroxylation sites is 1. The van der Waals surface area contributed by atoms with E-state index in [0.29, 0.717) is 23.1 Å². The van der Waals surface area contributed by atoms with Crippen LogP contribution in [0.15, 0.2) is 69.8 Å². The van der Waals surface area contributed by atoms with Crippen molar-refractivity contribution >= 4 is 49.0 Å². The Morgan fingerprint density at radius 3 is 2.55 bits per heavy atom. The van der Waals surface area contributed by atoms with Crippen LogP contribution in [0.4, 0.5) is 10.8 Å². The van der Waals surface area contributed by atoms with Crippen LogP contribution in [0.2, 0.25) is 0 Å². The van der Waals surface area contributed by atoms with Crippen molar-refractivity contribution in [2.24, 2.45) is 0 Å². The standard InChI is InChI=1S/C20H17N5O4S2/c1-2-25-16-6-4-3-5-15(16)18(26)17(23-25)19(27)22-13-7-9-14(10-8-13)31(28,29)24-20-21-11-12-30-20/h3-12H,2H2,1H3,(H,21,24)(H,22,27). The molecule has 1 amide bonds. The van der Waals surface area contributed by atoms with Crippen molar-refractivity contribution in [1.82, 2.24) is 14.8 Å². The summed E-state index contributed by atoms with van der Waals surface area (Å²) < 4.78 is 28.8. The number of thiazole rings is 1. The quantitative estimate of drug-likeness (QED) is 0.461. The number of carbonyl (C=O) groups is 1. The summed E-state index contributed by atoms with van der Waals surface area (Å²) in [4.78, 5) is 29.4. The summed E-state index contributed by atoms with van der Waals surface area (Å²) in [6, 6.07) is 12.5. The summed E-state index contributed by atoms with van der Waals surface area (Å²) in [5.74, 6) is -0.672. The Balaban J connectivity index is 1.58. The number of hydrogen-bond donors (Lipinski definition) is 2. The second-order valence-corrected chi connectivity index (χ2v) is 9.01. The van der Waals surface area contributed by atoms with Crippen molar-refractivity contribution in [2.45, 2.75) is 18.4 Å². The van der Waals surface area contributed by atoms with Gasteiger partial charge in [0.05, 0.1) is 10.4 Å². The van der Waals surface area contributed by atoms with Gasteiger partial charge in [-0.15, -0.1) is 11.3 Å². The van der Waals surface area contributed by atoms with Crippen molar-refractivity contribution in [3.05, 3.63) is 76.0 Å². The summed E-state index contributed by atoms with van der Waals surface area (Å²) in [7, 11) is -3.80. The predicted molar refractivity (Wildman–Crippen MR) is 119 cm³/mol. The number of carbonyl (C=O) groups excluding carboxylic acids is 1. The molecule has 0 aliphatic heterocycles. The molecule has 0 bridgehead atoms. The van der Waals surface area contributed by atoms with Gasteiger partial charge in [0.1, 0.15) is 0 Å². The lowest BCUT2D eigenvalue weighted by Crippen LogP contribution is -2.27. The van der Waals surface area contributed by atoms with Gasteiger partial charge in [-0.25, -0.2) is 13.4 Å². The zero-order valence-electron chi connectivity index (χ0n) is 16.3. The number of anilines is 2. The molecule has 0 unspecified atom stereocenters. The zero-order chi connectivity index (χ0) is 22.0. The van der Waals surface area contributed by atoms with Gasteiger partial charge in [0, 0.05) is 29.2 Å². The molecule has 0 saturated heterocycles. The highest BCUT2D eigenvalue weighted by molar-refractivity contribution is 7.93. The van der Waals surface area contributed by atoms with Gasteiger partial charge in [-0.3, -0.25) is 19.0 Å². The number of aryl methyl sites for hydroxylation is 1. The number of fused-ring (bicyclic) bond motifs is 1. The van der Waals surface area contributed by atoms with Gasteiger partial charge >= 0.3 is 0 Å². The van der Waals surface area contributed by atoms with Crippen LogP contribution in [0.3, 0.4) is 0 Å². The third-order valence-electron chi connectivity index (χ3n) is 4.45. The number of sulfonamides is 1. The van der Waals surface area contributed by atoms with Gasteiger partial charge < -0.3 is 5.32 Å².